The fourth-order valence-electron chi connectivity index (χ4n) is 18.2. The Balaban J connectivity index is 0.661. The van der Waals surface area contributed by atoms with E-state index in [2.05, 4.69) is 384 Å². The summed E-state index contributed by atoms with van der Waals surface area (Å²) in [6.45, 7) is 4.78. The Bertz CT molecular complexity index is 7190. The molecule has 0 saturated carbocycles. The highest BCUT2D eigenvalue weighted by Gasteiger charge is 2.36. The SMILES string of the molecule is CC1(C)c2ccccc2-c2cc3c4cc(-c5ccc6c(c5)c5ccccc5n6-c5ccccc5)ccc4n(-c4cccc(-c5ccccc5-c5ccc6c7ccccc7c7cc(-n8c9ccccc9c9cc(-c%10ccc%11c(c%10)c%10ccccc%10n%11-c%10ccccc%10)ccc98)ccc7c6c5)c4)c3cc21. The Morgan fingerprint density at radius 2 is 0.505 bits per heavy atom. The van der Waals surface area contributed by atoms with Crippen LogP contribution in [0, 0.1) is 0 Å². The smallest absolute Gasteiger partial charge is 0.0544 e. The fourth-order valence-corrected chi connectivity index (χ4v) is 18.2. The minimum Gasteiger partial charge on any atom is -0.309 e. The molecule has 0 radical (unpaired) electrons. The summed E-state index contributed by atoms with van der Waals surface area (Å²) in [5.74, 6) is 0. The predicted octanol–water partition coefficient (Wildman–Crippen LogP) is 26.5. The summed E-state index contributed by atoms with van der Waals surface area (Å²) in [5, 5.41) is 17.4. The van der Waals surface area contributed by atoms with Crippen molar-refractivity contribution in [3.05, 3.63) is 363 Å². The van der Waals surface area contributed by atoms with Crippen LogP contribution in [-0.2, 0) is 5.41 Å². The van der Waals surface area contributed by atoms with Crippen molar-refractivity contribution in [3.8, 4) is 78.4 Å². The van der Waals surface area contributed by atoms with Crippen LogP contribution in [0.1, 0.15) is 25.0 Å². The molecule has 0 atom stereocenters. The van der Waals surface area contributed by atoms with Gasteiger partial charge in [-0.25, -0.2) is 0 Å². The first-order valence-corrected chi connectivity index (χ1v) is 35.9. The Hall–Kier alpha value is -13.3. The molecule has 0 saturated heterocycles. The van der Waals surface area contributed by atoms with Gasteiger partial charge >= 0.3 is 0 Å². The summed E-state index contributed by atoms with van der Waals surface area (Å²) in [7, 11) is 0. The van der Waals surface area contributed by atoms with Crippen molar-refractivity contribution in [1.82, 2.24) is 18.3 Å². The van der Waals surface area contributed by atoms with Crippen LogP contribution in [0.4, 0.5) is 0 Å². The molecular weight excluding hydrogens is 1250 g/mol. The van der Waals surface area contributed by atoms with E-state index in [1.165, 1.54) is 181 Å². The molecule has 0 bridgehead atoms. The first-order valence-electron chi connectivity index (χ1n) is 35.9. The van der Waals surface area contributed by atoms with Gasteiger partial charge in [0.05, 0.1) is 44.1 Å². The number of benzene rings is 17. The molecule has 103 heavy (non-hydrogen) atoms. The van der Waals surface area contributed by atoms with Gasteiger partial charge in [0.15, 0.2) is 0 Å². The lowest BCUT2D eigenvalue weighted by atomic mass is 9.82. The Morgan fingerprint density at radius 1 is 0.165 bits per heavy atom. The van der Waals surface area contributed by atoms with Crippen molar-refractivity contribution in [2.24, 2.45) is 0 Å². The number of fused-ring (bicyclic) bond motifs is 21. The standard InChI is InChI=1S/C99H64N4/c1-99(2)89-36-17-13-32-77(89)83-59-88-87-56-64(63-42-49-95-85(54-63)79-34-15-19-38-92(79)101(95)68-25-7-4-8-26-68)44-51-97(87)103(98(88)60-90(83)99)69-27-21-22-65(52-69)71-28-9-10-29-72(71)66-40-46-75-73-30-11-12-31-74(73)82-58-70(45-47-76(82)81(75)57-66)102-93-39-20-16-35-80(93)86-55-62(43-50-96(86)102)61-41-48-94-84(53-61)78-33-14-18-37-91(78)100(94)67-23-5-3-6-24-67/h3-60H,1-2H3. The Labute approximate surface area is 594 Å². The van der Waals surface area contributed by atoms with Gasteiger partial charge in [0.1, 0.15) is 0 Å². The second kappa shape index (κ2) is 21.9. The molecule has 21 aromatic rings. The number of hydrogen-bond donors (Lipinski definition) is 0. The number of nitrogens with zero attached hydrogens (tertiary/aromatic N) is 4. The van der Waals surface area contributed by atoms with E-state index in [4.69, 9.17) is 0 Å². The molecule has 0 amide bonds. The topological polar surface area (TPSA) is 19.7 Å². The van der Waals surface area contributed by atoms with E-state index in [0.717, 1.165) is 28.3 Å². The first kappa shape index (κ1) is 57.6. The van der Waals surface area contributed by atoms with Crippen LogP contribution in [-0.4, -0.2) is 18.3 Å². The van der Waals surface area contributed by atoms with E-state index in [1.54, 1.807) is 0 Å². The lowest BCUT2D eigenvalue weighted by Crippen LogP contribution is -2.14. The van der Waals surface area contributed by atoms with Gasteiger partial charge in [-0.15, -0.1) is 0 Å². The van der Waals surface area contributed by atoms with Gasteiger partial charge in [-0.1, -0.05) is 232 Å². The summed E-state index contributed by atoms with van der Waals surface area (Å²) >= 11 is 0. The van der Waals surface area contributed by atoms with Crippen molar-refractivity contribution in [1.29, 1.82) is 0 Å². The third kappa shape index (κ3) is 8.47. The normalized spacial score (nSPS) is 12.8. The molecule has 4 heterocycles. The van der Waals surface area contributed by atoms with Crippen molar-refractivity contribution in [2.45, 2.75) is 19.3 Å². The highest BCUT2D eigenvalue weighted by atomic mass is 15.0. The maximum absolute atomic E-state index is 2.53. The van der Waals surface area contributed by atoms with Crippen molar-refractivity contribution >= 4 is 120 Å². The molecule has 0 unspecified atom stereocenters. The van der Waals surface area contributed by atoms with Crippen LogP contribution in [0.5, 0.6) is 0 Å². The molecule has 0 fully saturated rings. The highest BCUT2D eigenvalue weighted by molar-refractivity contribution is 6.27. The van der Waals surface area contributed by atoms with Crippen molar-refractivity contribution in [3.63, 3.8) is 0 Å². The van der Waals surface area contributed by atoms with E-state index in [-0.39, 0.29) is 5.41 Å². The van der Waals surface area contributed by atoms with Gasteiger partial charge in [-0.05, 0) is 233 Å². The van der Waals surface area contributed by atoms with Gasteiger partial charge < -0.3 is 18.3 Å². The van der Waals surface area contributed by atoms with Crippen LogP contribution in [0.2, 0.25) is 0 Å². The minimum atomic E-state index is -0.175. The maximum atomic E-state index is 2.53. The van der Waals surface area contributed by atoms with Crippen LogP contribution >= 0.6 is 0 Å². The third-order valence-electron chi connectivity index (χ3n) is 22.9. The second-order valence-electron chi connectivity index (χ2n) is 28.7. The quantitative estimate of drug-likeness (QED) is 0.135. The second-order valence-corrected chi connectivity index (χ2v) is 28.7. The first-order chi connectivity index (χ1) is 50.8. The van der Waals surface area contributed by atoms with Gasteiger partial charge in [0.25, 0.3) is 0 Å². The van der Waals surface area contributed by atoms with Crippen LogP contribution in [0.25, 0.3) is 198 Å². The van der Waals surface area contributed by atoms with E-state index in [1.807, 2.05) is 0 Å². The van der Waals surface area contributed by atoms with E-state index in [0.29, 0.717) is 0 Å². The van der Waals surface area contributed by atoms with Crippen LogP contribution in [0.3, 0.4) is 0 Å². The average Bonchev–Trinajstić information content (AvgIpc) is 1.57. The molecule has 17 aromatic carbocycles. The monoisotopic (exact) mass is 1310 g/mol. The van der Waals surface area contributed by atoms with E-state index >= 15 is 0 Å². The molecule has 1 aliphatic carbocycles. The summed E-state index contributed by atoms with van der Waals surface area (Å²) in [6, 6.07) is 132. The number of hydrogen-bond acceptors (Lipinski definition) is 0. The summed E-state index contributed by atoms with van der Waals surface area (Å²) < 4.78 is 9.79. The maximum Gasteiger partial charge on any atom is 0.0544 e. The summed E-state index contributed by atoms with van der Waals surface area (Å²) in [6.07, 6.45) is 0. The van der Waals surface area contributed by atoms with Crippen LogP contribution < -0.4 is 0 Å². The van der Waals surface area contributed by atoms with E-state index in [9.17, 15) is 0 Å². The average molecular weight is 1310 g/mol. The molecule has 480 valence electrons. The molecule has 0 spiro atoms. The number of rotatable bonds is 8. The molecule has 22 rings (SSSR count). The van der Waals surface area contributed by atoms with Gasteiger partial charge in [-0.3, -0.25) is 0 Å². The predicted molar refractivity (Wildman–Crippen MR) is 436 cm³/mol. The van der Waals surface area contributed by atoms with Crippen molar-refractivity contribution < 1.29 is 0 Å². The number of aromatic nitrogens is 4. The van der Waals surface area contributed by atoms with Gasteiger partial charge in [-0.2, -0.15) is 0 Å². The largest absolute Gasteiger partial charge is 0.309 e. The number of para-hydroxylation sites is 5. The fraction of sp³-hybridized carbons (Fsp3) is 0.0303. The summed E-state index contributed by atoms with van der Waals surface area (Å²) in [5.41, 5.74) is 28.9. The molecule has 4 aromatic heterocycles. The lowest BCUT2D eigenvalue weighted by Gasteiger charge is -2.21. The molecule has 0 N–H and O–H groups in total. The summed E-state index contributed by atoms with van der Waals surface area (Å²) in [4.78, 5) is 0. The Morgan fingerprint density at radius 3 is 1.05 bits per heavy atom. The third-order valence-corrected chi connectivity index (χ3v) is 22.9. The van der Waals surface area contributed by atoms with Crippen LogP contribution in [0.15, 0.2) is 352 Å². The zero-order chi connectivity index (χ0) is 67.8. The Kier molecular flexibility index (Phi) is 12.2. The van der Waals surface area contributed by atoms with E-state index < -0.39 is 0 Å². The molecular formula is C99H64N4. The van der Waals surface area contributed by atoms with Gasteiger partial charge in [0.2, 0.25) is 0 Å². The zero-order valence-corrected chi connectivity index (χ0v) is 56.8. The molecule has 0 aliphatic heterocycles. The molecule has 4 heteroatoms. The highest BCUT2D eigenvalue weighted by Crippen LogP contribution is 2.52. The van der Waals surface area contributed by atoms with Gasteiger partial charge in [0, 0.05) is 71.3 Å². The van der Waals surface area contributed by atoms with Crippen molar-refractivity contribution in [2.75, 3.05) is 0 Å². The zero-order valence-electron chi connectivity index (χ0n) is 56.8. The molecule has 4 nitrogen and oxygen atoms in total. The molecule has 1 aliphatic rings. The minimum absolute atomic E-state index is 0.175. The lowest BCUT2D eigenvalue weighted by molar-refractivity contribution is 0.661.